The number of pyridine rings is 1. The molecule has 3 aromatic rings. The number of esters is 1. The Kier molecular flexibility index (Phi) is 5.17. The van der Waals surface area contributed by atoms with E-state index in [2.05, 4.69) is 30.9 Å². The van der Waals surface area contributed by atoms with Gasteiger partial charge in [0.1, 0.15) is 11.6 Å². The predicted octanol–water partition coefficient (Wildman–Crippen LogP) is 4.07. The number of benzene rings is 1. The predicted molar refractivity (Wildman–Crippen MR) is 92.5 cm³/mol. The summed E-state index contributed by atoms with van der Waals surface area (Å²) in [6.45, 7) is 3.10. The molecule has 136 valence electrons. The van der Waals surface area contributed by atoms with Crippen LogP contribution in [0.2, 0.25) is 0 Å². The second kappa shape index (κ2) is 7.36. The first-order valence-corrected chi connectivity index (χ1v) is 8.46. The summed E-state index contributed by atoms with van der Waals surface area (Å²) >= 11 is 3.32. The summed E-state index contributed by atoms with van der Waals surface area (Å²) < 4.78 is 37.5. The number of rotatable bonds is 5. The van der Waals surface area contributed by atoms with Crippen molar-refractivity contribution in [2.75, 3.05) is 0 Å². The van der Waals surface area contributed by atoms with Gasteiger partial charge in [0.2, 0.25) is 0 Å². The molecule has 0 aliphatic heterocycles. The molecule has 1 aromatic carbocycles. The Hall–Kier alpha value is -2.55. The molecule has 2 unspecified atom stereocenters. The number of hydrogen-bond acceptors (Lipinski definition) is 5. The number of aromatic nitrogens is 3. The van der Waals surface area contributed by atoms with Crippen molar-refractivity contribution in [3.05, 3.63) is 52.4 Å². The van der Waals surface area contributed by atoms with Gasteiger partial charge in [0, 0.05) is 16.7 Å². The number of H-pyrrole nitrogens is 1. The Morgan fingerprint density at radius 1 is 1.23 bits per heavy atom. The van der Waals surface area contributed by atoms with Crippen LogP contribution in [-0.2, 0) is 9.53 Å². The molecule has 3 rings (SSSR count). The van der Waals surface area contributed by atoms with Crippen molar-refractivity contribution >= 4 is 33.1 Å². The summed E-state index contributed by atoms with van der Waals surface area (Å²) in [5, 5.41) is 0. The molecule has 0 spiro atoms. The maximum Gasteiger partial charge on any atom is 0.347 e. The number of ether oxygens (including phenoxy) is 2. The molecule has 0 aliphatic rings. The van der Waals surface area contributed by atoms with Crippen molar-refractivity contribution in [2.45, 2.75) is 26.1 Å². The van der Waals surface area contributed by atoms with Gasteiger partial charge in [0.05, 0.1) is 5.52 Å². The van der Waals surface area contributed by atoms with Crippen LogP contribution in [0.5, 0.6) is 5.75 Å². The molecule has 2 aromatic heterocycles. The Labute approximate surface area is 155 Å². The van der Waals surface area contributed by atoms with Crippen LogP contribution in [-0.4, -0.2) is 27.0 Å². The number of aromatic amines is 1. The first-order chi connectivity index (χ1) is 12.3. The van der Waals surface area contributed by atoms with E-state index in [1.165, 1.54) is 13.0 Å². The van der Waals surface area contributed by atoms with Gasteiger partial charge in [-0.3, -0.25) is 0 Å². The lowest BCUT2D eigenvalue weighted by Gasteiger charge is -2.16. The molecule has 0 saturated heterocycles. The summed E-state index contributed by atoms with van der Waals surface area (Å²) in [7, 11) is 0. The lowest BCUT2D eigenvalue weighted by molar-refractivity contribution is -0.156. The van der Waals surface area contributed by atoms with Gasteiger partial charge in [0.15, 0.2) is 29.5 Å². The summed E-state index contributed by atoms with van der Waals surface area (Å²) in [4.78, 5) is 23.6. The second-order valence-electron chi connectivity index (χ2n) is 5.56. The molecule has 0 bridgehead atoms. The third-order valence-corrected chi connectivity index (χ3v) is 3.97. The Morgan fingerprint density at radius 3 is 2.73 bits per heavy atom. The van der Waals surface area contributed by atoms with E-state index in [9.17, 15) is 13.6 Å². The molecule has 9 heteroatoms. The number of nitrogens with one attached hydrogen (secondary N) is 1. The quantitative estimate of drug-likeness (QED) is 0.623. The average molecular weight is 426 g/mol. The molecule has 0 amide bonds. The largest absolute Gasteiger partial charge is 0.479 e. The van der Waals surface area contributed by atoms with Crippen LogP contribution in [0.4, 0.5) is 8.78 Å². The van der Waals surface area contributed by atoms with Crippen molar-refractivity contribution in [1.29, 1.82) is 0 Å². The van der Waals surface area contributed by atoms with Crippen LogP contribution in [0.15, 0.2) is 34.9 Å². The Morgan fingerprint density at radius 2 is 2.00 bits per heavy atom. The van der Waals surface area contributed by atoms with E-state index in [0.29, 0.717) is 17.0 Å². The topological polar surface area (TPSA) is 77.1 Å². The van der Waals surface area contributed by atoms with Crippen LogP contribution >= 0.6 is 15.9 Å². The Bertz CT molecular complexity index is 964. The third kappa shape index (κ3) is 3.98. The number of halogens is 3. The highest BCUT2D eigenvalue weighted by atomic mass is 79.9. The fourth-order valence-electron chi connectivity index (χ4n) is 2.21. The third-order valence-electron chi connectivity index (χ3n) is 3.54. The molecule has 0 saturated carbocycles. The zero-order chi connectivity index (χ0) is 18.8. The minimum Gasteiger partial charge on any atom is -0.479 e. The number of carbonyl (C=O) groups excluding carboxylic acids is 1. The summed E-state index contributed by atoms with van der Waals surface area (Å²) in [5.41, 5.74) is 1.19. The molecule has 0 radical (unpaired) electrons. The molecule has 26 heavy (non-hydrogen) atoms. The molecular weight excluding hydrogens is 412 g/mol. The van der Waals surface area contributed by atoms with E-state index >= 15 is 0 Å². The highest BCUT2D eigenvalue weighted by molar-refractivity contribution is 9.10. The van der Waals surface area contributed by atoms with Gasteiger partial charge in [-0.2, -0.15) is 0 Å². The van der Waals surface area contributed by atoms with Crippen LogP contribution in [0.1, 0.15) is 25.8 Å². The van der Waals surface area contributed by atoms with E-state index in [4.69, 9.17) is 9.47 Å². The first kappa shape index (κ1) is 18.2. The van der Waals surface area contributed by atoms with Crippen molar-refractivity contribution in [2.24, 2.45) is 0 Å². The summed E-state index contributed by atoms with van der Waals surface area (Å²) in [6, 6.07) is 4.83. The SMILES string of the molecule is CC(Oc1ccc(F)c(F)c1)C(=O)OC(C)c1nc2ncc(Br)cc2[nH]1. The van der Waals surface area contributed by atoms with Gasteiger partial charge in [0.25, 0.3) is 0 Å². The lowest BCUT2D eigenvalue weighted by Crippen LogP contribution is -2.27. The monoisotopic (exact) mass is 425 g/mol. The molecule has 2 heterocycles. The lowest BCUT2D eigenvalue weighted by atomic mass is 10.3. The van der Waals surface area contributed by atoms with Crippen LogP contribution in [0.3, 0.4) is 0 Å². The summed E-state index contributed by atoms with van der Waals surface area (Å²) in [6.07, 6.45) is -0.0769. The molecule has 6 nitrogen and oxygen atoms in total. The van der Waals surface area contributed by atoms with E-state index in [-0.39, 0.29) is 5.75 Å². The molecule has 0 fully saturated rings. The zero-order valence-electron chi connectivity index (χ0n) is 13.8. The normalized spacial score (nSPS) is 13.4. The fourth-order valence-corrected chi connectivity index (χ4v) is 2.55. The Balaban J connectivity index is 1.66. The maximum absolute atomic E-state index is 13.2. The van der Waals surface area contributed by atoms with Gasteiger partial charge < -0.3 is 14.5 Å². The van der Waals surface area contributed by atoms with Crippen LogP contribution < -0.4 is 4.74 Å². The van der Waals surface area contributed by atoms with E-state index in [1.807, 2.05) is 6.07 Å². The molecule has 2 atom stereocenters. The van der Waals surface area contributed by atoms with Gasteiger partial charge in [-0.15, -0.1) is 0 Å². The van der Waals surface area contributed by atoms with E-state index < -0.39 is 29.8 Å². The number of carbonyl (C=O) groups is 1. The number of fused-ring (bicyclic) bond motifs is 1. The summed E-state index contributed by atoms with van der Waals surface area (Å²) in [5.74, 6) is -2.27. The van der Waals surface area contributed by atoms with Gasteiger partial charge >= 0.3 is 5.97 Å². The minimum atomic E-state index is -1.06. The average Bonchev–Trinajstić information content (AvgIpc) is 3.01. The fraction of sp³-hybridized carbons (Fsp3) is 0.235. The number of hydrogen-bond donors (Lipinski definition) is 1. The molecule has 1 N–H and O–H groups in total. The highest BCUT2D eigenvalue weighted by Crippen LogP contribution is 2.21. The first-order valence-electron chi connectivity index (χ1n) is 7.67. The second-order valence-corrected chi connectivity index (χ2v) is 6.48. The van der Waals surface area contributed by atoms with Crippen LogP contribution in [0.25, 0.3) is 11.2 Å². The smallest absolute Gasteiger partial charge is 0.347 e. The number of nitrogens with zero attached hydrogens (tertiary/aromatic N) is 2. The van der Waals surface area contributed by atoms with Crippen molar-refractivity contribution < 1.29 is 23.0 Å². The van der Waals surface area contributed by atoms with Crippen molar-refractivity contribution in [3.63, 3.8) is 0 Å². The maximum atomic E-state index is 13.2. The molecular formula is C17H14BrF2N3O3. The van der Waals surface area contributed by atoms with Gasteiger partial charge in [-0.1, -0.05) is 0 Å². The van der Waals surface area contributed by atoms with Crippen molar-refractivity contribution in [1.82, 2.24) is 15.0 Å². The minimum absolute atomic E-state index is 0.0267. The zero-order valence-corrected chi connectivity index (χ0v) is 15.4. The van der Waals surface area contributed by atoms with Gasteiger partial charge in [-0.25, -0.2) is 23.5 Å². The number of imidazole rings is 1. The highest BCUT2D eigenvalue weighted by Gasteiger charge is 2.22. The van der Waals surface area contributed by atoms with Gasteiger partial charge in [-0.05, 0) is 48.0 Å². The standard InChI is InChI=1S/C17H14BrF2N3O3/c1-8(15-22-14-5-10(18)7-21-16(14)23-15)26-17(24)9(2)25-11-3-4-12(19)13(20)6-11/h3-9H,1-2H3,(H,21,22,23). The van der Waals surface area contributed by atoms with E-state index in [0.717, 1.165) is 16.6 Å². The molecule has 0 aliphatic carbocycles. The van der Waals surface area contributed by atoms with Crippen LogP contribution in [0, 0.1) is 11.6 Å². The van der Waals surface area contributed by atoms with Crippen molar-refractivity contribution in [3.8, 4) is 5.75 Å². The van der Waals surface area contributed by atoms with E-state index in [1.54, 1.807) is 13.1 Å².